The van der Waals surface area contributed by atoms with Gasteiger partial charge in [-0.2, -0.15) is 0 Å². The van der Waals surface area contributed by atoms with Gasteiger partial charge in [0.05, 0.1) is 26.4 Å². The summed E-state index contributed by atoms with van der Waals surface area (Å²) in [5.74, 6) is -1.33. The summed E-state index contributed by atoms with van der Waals surface area (Å²) in [7, 11) is -9.90. The Kier molecular flexibility index (Phi) is 64.9. The predicted octanol–water partition coefficient (Wildman–Crippen LogP) is 21.3. The van der Waals surface area contributed by atoms with Crippen LogP contribution in [0.25, 0.3) is 0 Å². The number of aliphatic hydroxyl groups is 1. The van der Waals surface area contributed by atoms with E-state index in [4.69, 9.17) is 37.0 Å². The highest BCUT2D eigenvalue weighted by atomic mass is 31.2. The molecule has 0 aliphatic rings. The summed E-state index contributed by atoms with van der Waals surface area (Å²) in [6.07, 6.45) is 53.8. The Morgan fingerprint density at radius 3 is 0.739 bits per heavy atom. The minimum atomic E-state index is -4.95. The lowest BCUT2D eigenvalue weighted by atomic mass is 10.0. The molecule has 0 radical (unpaired) electrons. The molecule has 0 rings (SSSR count). The number of rotatable bonds is 73. The smallest absolute Gasteiger partial charge is 0.462 e. The van der Waals surface area contributed by atoms with Gasteiger partial charge in [0.2, 0.25) is 0 Å². The number of phosphoric ester groups is 2. The second-order valence-corrected chi connectivity index (χ2v) is 29.7. The van der Waals surface area contributed by atoms with Gasteiger partial charge in [-0.3, -0.25) is 37.3 Å². The molecule has 0 bridgehead atoms. The Morgan fingerprint density at radius 2 is 0.500 bits per heavy atom. The van der Waals surface area contributed by atoms with Crippen molar-refractivity contribution < 1.29 is 80.2 Å². The molecule has 0 spiro atoms. The molecule has 19 heteroatoms. The highest BCUT2D eigenvalue weighted by molar-refractivity contribution is 7.47. The lowest BCUT2D eigenvalue weighted by Gasteiger charge is -2.21. The highest BCUT2D eigenvalue weighted by Crippen LogP contribution is 2.45. The standard InChI is InChI=1S/C73H142O17P2/c1-6-9-12-15-18-21-24-27-33-37-42-47-52-57-71(76)84-63-69(90-73(78)59-54-49-44-39-34-29-26-28-31-35-40-45-50-55-66(4)5)65-88-92(81,82)86-61-67(74)60-85-91(79,80)87-64-68(62-83-70(75)56-51-46-41-36-30-23-20-17-14-11-8-3)89-72(77)58-53-48-43-38-32-25-22-19-16-13-10-7-2/h66-69,74H,6-65H2,1-5H3,(H,79,80)(H,81,82)/t67-,68+,69+/m0/s1. The van der Waals surface area contributed by atoms with E-state index in [0.29, 0.717) is 25.7 Å². The molecular formula is C73H142O17P2. The summed E-state index contributed by atoms with van der Waals surface area (Å²) < 4.78 is 68.4. The fourth-order valence-electron chi connectivity index (χ4n) is 11.2. The summed E-state index contributed by atoms with van der Waals surface area (Å²) in [5.41, 5.74) is 0. The van der Waals surface area contributed by atoms with Crippen LogP contribution in [0.5, 0.6) is 0 Å². The summed E-state index contributed by atoms with van der Waals surface area (Å²) >= 11 is 0. The number of ether oxygens (including phenoxy) is 4. The van der Waals surface area contributed by atoms with Gasteiger partial charge in [0, 0.05) is 25.7 Å². The lowest BCUT2D eigenvalue weighted by molar-refractivity contribution is -0.161. The fourth-order valence-corrected chi connectivity index (χ4v) is 12.8. The number of esters is 4. The maximum Gasteiger partial charge on any atom is 0.472 e. The summed E-state index contributed by atoms with van der Waals surface area (Å²) in [5, 5.41) is 10.6. The molecule has 5 atom stereocenters. The first-order valence-corrected chi connectivity index (χ1v) is 41.1. The van der Waals surface area contributed by atoms with E-state index in [0.717, 1.165) is 95.8 Å². The van der Waals surface area contributed by atoms with E-state index in [1.54, 1.807) is 0 Å². The van der Waals surface area contributed by atoms with Crippen LogP contribution in [0.1, 0.15) is 381 Å². The Labute approximate surface area is 562 Å². The van der Waals surface area contributed by atoms with E-state index >= 15 is 0 Å². The molecule has 0 aliphatic heterocycles. The van der Waals surface area contributed by atoms with E-state index < -0.39 is 97.5 Å². The van der Waals surface area contributed by atoms with Crippen molar-refractivity contribution in [2.24, 2.45) is 5.92 Å². The zero-order valence-corrected chi connectivity index (χ0v) is 61.5. The van der Waals surface area contributed by atoms with Crippen LogP contribution in [0, 0.1) is 5.92 Å². The van der Waals surface area contributed by atoms with Gasteiger partial charge in [0.25, 0.3) is 0 Å². The maximum absolute atomic E-state index is 13.1. The molecule has 0 aromatic carbocycles. The number of phosphoric acid groups is 2. The van der Waals surface area contributed by atoms with E-state index in [1.807, 2.05) is 0 Å². The molecule has 2 unspecified atom stereocenters. The lowest BCUT2D eigenvalue weighted by Crippen LogP contribution is -2.30. The van der Waals surface area contributed by atoms with Gasteiger partial charge in [-0.1, -0.05) is 330 Å². The van der Waals surface area contributed by atoms with Crippen molar-refractivity contribution in [2.75, 3.05) is 39.6 Å². The normalized spacial score (nSPS) is 14.0. The average molecular weight is 1350 g/mol. The van der Waals surface area contributed by atoms with E-state index in [1.165, 1.54) is 205 Å². The van der Waals surface area contributed by atoms with E-state index in [-0.39, 0.29) is 25.7 Å². The zero-order chi connectivity index (χ0) is 67.7. The second kappa shape index (κ2) is 66.3. The fraction of sp³-hybridized carbons (Fsp3) is 0.945. The Morgan fingerprint density at radius 1 is 0.293 bits per heavy atom. The van der Waals surface area contributed by atoms with Crippen molar-refractivity contribution in [1.29, 1.82) is 0 Å². The van der Waals surface area contributed by atoms with Crippen molar-refractivity contribution in [2.45, 2.75) is 400 Å². The summed E-state index contributed by atoms with van der Waals surface area (Å²) in [4.78, 5) is 72.7. The third kappa shape index (κ3) is 66.7. The third-order valence-corrected chi connectivity index (χ3v) is 18.9. The topological polar surface area (TPSA) is 237 Å². The molecule has 0 heterocycles. The van der Waals surface area contributed by atoms with Crippen LogP contribution in [0.3, 0.4) is 0 Å². The minimum absolute atomic E-state index is 0.108. The number of carbonyl (C=O) groups is 4. The van der Waals surface area contributed by atoms with E-state index in [2.05, 4.69) is 34.6 Å². The van der Waals surface area contributed by atoms with Gasteiger partial charge in [-0.25, -0.2) is 9.13 Å². The molecule has 0 aromatic heterocycles. The number of hydrogen-bond acceptors (Lipinski definition) is 15. The van der Waals surface area contributed by atoms with Gasteiger partial charge in [0.1, 0.15) is 19.3 Å². The summed E-state index contributed by atoms with van der Waals surface area (Å²) in [6, 6.07) is 0. The van der Waals surface area contributed by atoms with Gasteiger partial charge >= 0.3 is 39.5 Å². The predicted molar refractivity (Wildman–Crippen MR) is 372 cm³/mol. The second-order valence-electron chi connectivity index (χ2n) is 26.8. The zero-order valence-electron chi connectivity index (χ0n) is 59.7. The molecule has 17 nitrogen and oxygen atoms in total. The first-order chi connectivity index (χ1) is 44.5. The minimum Gasteiger partial charge on any atom is -0.462 e. The van der Waals surface area contributed by atoms with Crippen LogP contribution in [-0.4, -0.2) is 96.7 Å². The van der Waals surface area contributed by atoms with Crippen LogP contribution in [-0.2, 0) is 65.4 Å². The molecule has 0 amide bonds. The van der Waals surface area contributed by atoms with Crippen LogP contribution in [0.2, 0.25) is 0 Å². The van der Waals surface area contributed by atoms with Crippen LogP contribution in [0.4, 0.5) is 0 Å². The summed E-state index contributed by atoms with van der Waals surface area (Å²) in [6.45, 7) is 7.29. The molecule has 0 saturated carbocycles. The monoisotopic (exact) mass is 1350 g/mol. The van der Waals surface area contributed by atoms with Gasteiger partial charge in [-0.05, 0) is 31.6 Å². The SMILES string of the molecule is CCCCCCCCCCCCCCCC(=O)OC[C@H](COP(=O)(O)OC[C@@H](O)COP(=O)(O)OC[C@@H](COC(=O)CCCCCCCCCCCCC)OC(=O)CCCCCCCCCCCCCC)OC(=O)CCCCCCCCCCCCCCCC(C)C. The average Bonchev–Trinajstić information content (AvgIpc) is 2.50. The van der Waals surface area contributed by atoms with Crippen LogP contribution >= 0.6 is 15.6 Å². The first kappa shape index (κ1) is 90.1. The molecule has 0 aliphatic carbocycles. The maximum atomic E-state index is 13.1. The number of hydrogen-bond donors (Lipinski definition) is 3. The van der Waals surface area contributed by atoms with Gasteiger partial charge < -0.3 is 33.8 Å². The quantitative estimate of drug-likeness (QED) is 0.0222. The Balaban J connectivity index is 5.25. The van der Waals surface area contributed by atoms with Crippen molar-refractivity contribution in [3.8, 4) is 0 Å². The largest absolute Gasteiger partial charge is 0.472 e. The highest BCUT2D eigenvalue weighted by Gasteiger charge is 2.30. The molecule has 0 aromatic rings. The molecule has 0 fully saturated rings. The molecular weight excluding hydrogens is 1210 g/mol. The van der Waals surface area contributed by atoms with Crippen LogP contribution in [0.15, 0.2) is 0 Å². The van der Waals surface area contributed by atoms with Crippen molar-refractivity contribution in [3.05, 3.63) is 0 Å². The molecule has 0 saturated heterocycles. The van der Waals surface area contributed by atoms with Crippen molar-refractivity contribution in [1.82, 2.24) is 0 Å². The first-order valence-electron chi connectivity index (χ1n) is 38.1. The third-order valence-electron chi connectivity index (χ3n) is 17.0. The molecule has 546 valence electrons. The van der Waals surface area contributed by atoms with Crippen molar-refractivity contribution >= 4 is 39.5 Å². The van der Waals surface area contributed by atoms with Gasteiger partial charge in [-0.15, -0.1) is 0 Å². The Hall–Kier alpha value is -1.94. The number of unbranched alkanes of at least 4 members (excludes halogenated alkanes) is 45. The number of aliphatic hydroxyl groups excluding tert-OH is 1. The van der Waals surface area contributed by atoms with Gasteiger partial charge in [0.15, 0.2) is 12.2 Å². The Bertz CT molecular complexity index is 1770. The number of carbonyl (C=O) groups excluding carboxylic acids is 4. The van der Waals surface area contributed by atoms with E-state index in [9.17, 15) is 43.2 Å². The van der Waals surface area contributed by atoms with Crippen molar-refractivity contribution in [3.63, 3.8) is 0 Å². The van der Waals surface area contributed by atoms with Crippen LogP contribution < -0.4 is 0 Å². The molecule has 92 heavy (non-hydrogen) atoms. The molecule has 3 N–H and O–H groups in total.